The van der Waals surface area contributed by atoms with Gasteiger partial charge in [-0.1, -0.05) is 0 Å². The lowest BCUT2D eigenvalue weighted by molar-refractivity contribution is 0.597. The summed E-state index contributed by atoms with van der Waals surface area (Å²) >= 11 is 6.59. The molecule has 0 atom stereocenters. The summed E-state index contributed by atoms with van der Waals surface area (Å²) in [6.07, 6.45) is 2.01. The molecule has 0 spiro atoms. The predicted molar refractivity (Wildman–Crippen MR) is 76.4 cm³/mol. The number of rotatable bonds is 4. The summed E-state index contributed by atoms with van der Waals surface area (Å²) in [6, 6.07) is 3.33. The first-order valence-electron chi connectivity index (χ1n) is 5.12. The molecule has 1 aliphatic carbocycles. The Morgan fingerprint density at radius 3 is 2.29 bits per heavy atom. The first kappa shape index (κ1) is 13.2. The first-order chi connectivity index (χ1) is 7.87. The Morgan fingerprint density at radius 1 is 1.29 bits per heavy atom. The topological polar surface area (TPSA) is 72.2 Å². The molecule has 2 rings (SSSR count). The molecule has 17 heavy (non-hydrogen) atoms. The van der Waals surface area contributed by atoms with Crippen LogP contribution in [0.5, 0.6) is 0 Å². The van der Waals surface area contributed by atoms with Crippen molar-refractivity contribution in [2.75, 3.05) is 16.2 Å². The van der Waals surface area contributed by atoms with E-state index in [1.54, 1.807) is 12.1 Å². The van der Waals surface area contributed by atoms with Crippen molar-refractivity contribution in [1.82, 2.24) is 0 Å². The highest BCUT2D eigenvalue weighted by Crippen LogP contribution is 2.36. The Hall–Kier alpha value is -0.270. The SMILES string of the molecule is Nc1cc(Br)c(NS(=O)(=O)CC2CC2)c(Br)c1. The zero-order valence-electron chi connectivity index (χ0n) is 8.91. The number of nitrogen functional groups attached to an aromatic ring is 1. The fraction of sp³-hybridized carbons (Fsp3) is 0.400. The number of nitrogens with one attached hydrogen (secondary N) is 1. The molecule has 3 N–H and O–H groups in total. The lowest BCUT2D eigenvalue weighted by Crippen LogP contribution is -2.18. The summed E-state index contributed by atoms with van der Waals surface area (Å²) in [6.45, 7) is 0. The number of hydrogen-bond donors (Lipinski definition) is 2. The second-order valence-corrected chi connectivity index (χ2v) is 7.66. The van der Waals surface area contributed by atoms with E-state index in [4.69, 9.17) is 5.73 Å². The number of nitrogens with two attached hydrogens (primary N) is 1. The van der Waals surface area contributed by atoms with Crippen LogP contribution in [0.2, 0.25) is 0 Å². The molecule has 1 fully saturated rings. The van der Waals surface area contributed by atoms with Crippen molar-refractivity contribution in [3.63, 3.8) is 0 Å². The molecule has 94 valence electrons. The number of benzene rings is 1. The number of sulfonamides is 1. The lowest BCUT2D eigenvalue weighted by Gasteiger charge is -2.12. The van der Waals surface area contributed by atoms with Crippen molar-refractivity contribution in [3.05, 3.63) is 21.1 Å². The predicted octanol–water partition coefficient (Wildman–Crippen LogP) is 2.95. The van der Waals surface area contributed by atoms with Crippen LogP contribution < -0.4 is 10.5 Å². The third kappa shape index (κ3) is 3.59. The Labute approximate surface area is 117 Å². The van der Waals surface area contributed by atoms with Gasteiger partial charge in [0.15, 0.2) is 0 Å². The van der Waals surface area contributed by atoms with E-state index in [9.17, 15) is 8.42 Å². The van der Waals surface area contributed by atoms with Crippen LogP contribution in [0, 0.1) is 5.92 Å². The highest BCUT2D eigenvalue weighted by Gasteiger charge is 2.28. The minimum Gasteiger partial charge on any atom is -0.399 e. The number of halogens is 2. The average Bonchev–Trinajstić information content (AvgIpc) is 2.94. The molecule has 0 aliphatic heterocycles. The van der Waals surface area contributed by atoms with E-state index in [1.165, 1.54) is 0 Å². The molecule has 0 aromatic heterocycles. The smallest absolute Gasteiger partial charge is 0.233 e. The molecular weight excluding hydrogens is 372 g/mol. The molecule has 7 heteroatoms. The average molecular weight is 384 g/mol. The molecule has 1 saturated carbocycles. The summed E-state index contributed by atoms with van der Waals surface area (Å²) in [5, 5.41) is 0. The maximum atomic E-state index is 11.9. The van der Waals surface area contributed by atoms with Crippen molar-refractivity contribution < 1.29 is 8.42 Å². The van der Waals surface area contributed by atoms with E-state index in [0.717, 1.165) is 12.8 Å². The second-order valence-electron chi connectivity index (χ2n) is 4.19. The van der Waals surface area contributed by atoms with Gasteiger partial charge >= 0.3 is 0 Å². The van der Waals surface area contributed by atoms with Crippen LogP contribution in [0.4, 0.5) is 11.4 Å². The molecule has 0 radical (unpaired) electrons. The van der Waals surface area contributed by atoms with Crippen molar-refractivity contribution in [3.8, 4) is 0 Å². The molecule has 1 aromatic rings. The Bertz CT molecular complexity index is 518. The second kappa shape index (κ2) is 4.78. The monoisotopic (exact) mass is 382 g/mol. The highest BCUT2D eigenvalue weighted by atomic mass is 79.9. The minimum atomic E-state index is -3.28. The van der Waals surface area contributed by atoms with Gasteiger partial charge in [-0.3, -0.25) is 4.72 Å². The van der Waals surface area contributed by atoms with Crippen molar-refractivity contribution in [2.24, 2.45) is 5.92 Å². The highest BCUT2D eigenvalue weighted by molar-refractivity contribution is 9.11. The standard InChI is InChI=1S/C10H12Br2N2O2S/c11-8-3-7(13)4-9(12)10(8)14-17(15,16)5-6-1-2-6/h3-4,6,14H,1-2,5,13H2. The quantitative estimate of drug-likeness (QED) is 0.785. The van der Waals surface area contributed by atoms with Crippen LogP contribution in [0.15, 0.2) is 21.1 Å². The van der Waals surface area contributed by atoms with Crippen LogP contribution in [0.3, 0.4) is 0 Å². The molecule has 0 amide bonds. The minimum absolute atomic E-state index is 0.191. The molecule has 1 aromatic carbocycles. The van der Waals surface area contributed by atoms with Crippen LogP contribution in [-0.2, 0) is 10.0 Å². The van der Waals surface area contributed by atoms with Gasteiger partial charge in [-0.2, -0.15) is 0 Å². The van der Waals surface area contributed by atoms with Gasteiger partial charge in [0.2, 0.25) is 10.0 Å². The van der Waals surface area contributed by atoms with E-state index < -0.39 is 10.0 Å². The van der Waals surface area contributed by atoms with Crippen LogP contribution >= 0.6 is 31.9 Å². The molecule has 1 aliphatic rings. The maximum Gasteiger partial charge on any atom is 0.233 e. The van der Waals surface area contributed by atoms with Crippen molar-refractivity contribution in [1.29, 1.82) is 0 Å². The van der Waals surface area contributed by atoms with Gasteiger partial charge < -0.3 is 5.73 Å². The maximum absolute atomic E-state index is 11.9. The van der Waals surface area contributed by atoms with Gasteiger partial charge in [-0.25, -0.2) is 8.42 Å². The summed E-state index contributed by atoms with van der Waals surface area (Å²) in [7, 11) is -3.28. The summed E-state index contributed by atoms with van der Waals surface area (Å²) in [5.41, 5.74) is 6.71. The van der Waals surface area contributed by atoms with Crippen LogP contribution in [0.1, 0.15) is 12.8 Å². The zero-order chi connectivity index (χ0) is 12.6. The zero-order valence-corrected chi connectivity index (χ0v) is 12.9. The van der Waals surface area contributed by atoms with E-state index >= 15 is 0 Å². The van der Waals surface area contributed by atoms with Gasteiger partial charge in [-0.05, 0) is 62.8 Å². The Balaban J connectivity index is 2.23. The third-order valence-corrected chi connectivity index (χ3v) is 5.15. The van der Waals surface area contributed by atoms with E-state index in [1.807, 2.05) is 0 Å². The van der Waals surface area contributed by atoms with E-state index in [0.29, 0.717) is 26.2 Å². The van der Waals surface area contributed by atoms with Crippen LogP contribution in [-0.4, -0.2) is 14.2 Å². The Morgan fingerprint density at radius 2 is 1.82 bits per heavy atom. The number of hydrogen-bond acceptors (Lipinski definition) is 3. The fourth-order valence-corrected chi connectivity index (χ4v) is 4.73. The first-order valence-corrected chi connectivity index (χ1v) is 8.36. The normalized spacial score (nSPS) is 15.9. The van der Waals surface area contributed by atoms with E-state index in [2.05, 4.69) is 36.6 Å². The van der Waals surface area contributed by atoms with Gasteiger partial charge in [-0.15, -0.1) is 0 Å². The Kier molecular flexibility index (Phi) is 3.70. The van der Waals surface area contributed by atoms with Crippen LogP contribution in [0.25, 0.3) is 0 Å². The lowest BCUT2D eigenvalue weighted by atomic mass is 10.3. The molecule has 0 heterocycles. The molecule has 0 bridgehead atoms. The third-order valence-electron chi connectivity index (χ3n) is 2.47. The van der Waals surface area contributed by atoms with Gasteiger partial charge in [0.1, 0.15) is 0 Å². The fourth-order valence-electron chi connectivity index (χ4n) is 1.48. The number of anilines is 2. The van der Waals surface area contributed by atoms with Crippen molar-refractivity contribution in [2.45, 2.75) is 12.8 Å². The van der Waals surface area contributed by atoms with E-state index in [-0.39, 0.29) is 5.75 Å². The molecule has 0 unspecified atom stereocenters. The van der Waals surface area contributed by atoms with Crippen molar-refractivity contribution >= 4 is 53.3 Å². The summed E-state index contributed by atoms with van der Waals surface area (Å²) in [4.78, 5) is 0. The van der Waals surface area contributed by atoms with Gasteiger partial charge in [0.25, 0.3) is 0 Å². The summed E-state index contributed by atoms with van der Waals surface area (Å²) in [5.74, 6) is 0.509. The van der Waals surface area contributed by atoms with Gasteiger partial charge in [0.05, 0.1) is 11.4 Å². The molecule has 4 nitrogen and oxygen atoms in total. The molecular formula is C10H12Br2N2O2S. The largest absolute Gasteiger partial charge is 0.399 e. The summed E-state index contributed by atoms with van der Waals surface area (Å²) < 4.78 is 27.5. The molecule has 0 saturated heterocycles. The van der Waals surface area contributed by atoms with Gasteiger partial charge in [0, 0.05) is 14.6 Å².